The van der Waals surface area contributed by atoms with Crippen LogP contribution in [0, 0.1) is 0 Å². The van der Waals surface area contributed by atoms with Crippen LogP contribution in [0.3, 0.4) is 0 Å². The third-order valence-electron chi connectivity index (χ3n) is 3.30. The number of esters is 1. The number of thioether (sulfide) groups is 1. The van der Waals surface area contributed by atoms with E-state index in [1.165, 1.54) is 24.3 Å². The lowest BCUT2D eigenvalue weighted by Crippen LogP contribution is -2.34. The molecule has 0 saturated carbocycles. The maximum absolute atomic E-state index is 12.3. The Kier molecular flexibility index (Phi) is 14.5. The number of rotatable bonds is 6. The molecular formula is C22H27NO7S2. The minimum Gasteiger partial charge on any atom is -0.465 e. The fourth-order valence-corrected chi connectivity index (χ4v) is 3.79. The highest BCUT2D eigenvalue weighted by Gasteiger charge is 2.36. The number of furan rings is 1. The van der Waals surface area contributed by atoms with Gasteiger partial charge < -0.3 is 19.4 Å². The van der Waals surface area contributed by atoms with Gasteiger partial charge in [0.2, 0.25) is 0 Å². The molecule has 2 aromatic rings. The monoisotopic (exact) mass is 481 g/mol. The van der Waals surface area contributed by atoms with Crippen LogP contribution in [-0.2, 0) is 19.1 Å². The topological polar surface area (TPSA) is 125 Å². The predicted molar refractivity (Wildman–Crippen MR) is 125 cm³/mol. The van der Waals surface area contributed by atoms with Crippen molar-refractivity contribution < 1.29 is 33.8 Å². The summed E-state index contributed by atoms with van der Waals surface area (Å²) in [5.41, 5.74) is 0. The lowest BCUT2D eigenvalue weighted by molar-refractivity contribution is -0.145. The van der Waals surface area contributed by atoms with Crippen molar-refractivity contribution in [1.82, 2.24) is 4.90 Å². The molecule has 0 spiro atoms. The molecule has 174 valence electrons. The second-order valence-corrected chi connectivity index (χ2v) is 7.92. The van der Waals surface area contributed by atoms with E-state index in [1.807, 2.05) is 37.1 Å². The van der Waals surface area contributed by atoms with Crippen molar-refractivity contribution in [3.8, 4) is 0 Å². The van der Waals surface area contributed by atoms with Crippen LogP contribution in [0.25, 0.3) is 6.08 Å². The second-order valence-electron chi connectivity index (χ2n) is 5.85. The number of amides is 2. The molecule has 1 aliphatic rings. The summed E-state index contributed by atoms with van der Waals surface area (Å²) in [4.78, 5) is 45.9. The summed E-state index contributed by atoms with van der Waals surface area (Å²) >= 11 is 2.23. The summed E-state index contributed by atoms with van der Waals surface area (Å²) in [6.45, 7) is 7.72. The van der Waals surface area contributed by atoms with Gasteiger partial charge >= 0.3 is 5.97 Å². The Hall–Kier alpha value is -2.82. The Labute approximate surface area is 195 Å². The molecule has 3 rings (SSSR count). The Morgan fingerprint density at radius 1 is 1.12 bits per heavy atom. The maximum Gasteiger partial charge on any atom is 0.326 e. The average Bonchev–Trinajstić information content (AvgIpc) is 3.30. The van der Waals surface area contributed by atoms with Crippen LogP contribution in [0.4, 0.5) is 4.79 Å². The summed E-state index contributed by atoms with van der Waals surface area (Å²) in [6.07, 6.45) is 2.76. The van der Waals surface area contributed by atoms with Gasteiger partial charge in [0.05, 0.1) is 11.5 Å². The minimum absolute atomic E-state index is 0. The zero-order valence-electron chi connectivity index (χ0n) is 18.2. The van der Waals surface area contributed by atoms with Crippen LogP contribution in [-0.4, -0.2) is 47.4 Å². The van der Waals surface area contributed by atoms with Gasteiger partial charge in [-0.15, -0.1) is 0 Å². The van der Waals surface area contributed by atoms with Crippen LogP contribution in [0.5, 0.6) is 0 Å². The molecule has 1 saturated heterocycles. The Morgan fingerprint density at radius 2 is 1.75 bits per heavy atom. The van der Waals surface area contributed by atoms with Crippen LogP contribution in [0.15, 0.2) is 61.8 Å². The van der Waals surface area contributed by atoms with E-state index in [1.54, 1.807) is 19.1 Å². The summed E-state index contributed by atoms with van der Waals surface area (Å²) < 4.78 is 10.5. The van der Waals surface area contributed by atoms with Gasteiger partial charge in [-0.05, 0) is 43.0 Å². The number of hydrogen-bond donors (Lipinski definition) is 0. The van der Waals surface area contributed by atoms with Crippen LogP contribution < -0.4 is 0 Å². The fraction of sp³-hybridized carbons (Fsp3) is 0.273. The van der Waals surface area contributed by atoms with E-state index in [9.17, 15) is 14.4 Å². The quantitative estimate of drug-likeness (QED) is 0.438. The van der Waals surface area contributed by atoms with Gasteiger partial charge in [-0.1, -0.05) is 50.2 Å². The minimum atomic E-state index is -0.615. The molecule has 2 N–H and O–H groups in total. The first-order chi connectivity index (χ1) is 15.0. The summed E-state index contributed by atoms with van der Waals surface area (Å²) in [5.74, 6) is -0.678. The van der Waals surface area contributed by atoms with Crippen LogP contribution in [0.1, 0.15) is 33.0 Å². The first-order valence-electron chi connectivity index (χ1n) is 9.51. The van der Waals surface area contributed by atoms with E-state index < -0.39 is 17.1 Å². The Bertz CT molecular complexity index is 897. The first-order valence-corrected chi connectivity index (χ1v) is 11.1. The number of nitrogens with zero attached hydrogens (tertiary/aromatic N) is 1. The maximum atomic E-state index is 12.3. The molecule has 0 unspecified atom stereocenters. The molecule has 1 fully saturated rings. The van der Waals surface area contributed by atoms with Crippen molar-refractivity contribution >= 4 is 53.5 Å². The van der Waals surface area contributed by atoms with E-state index in [2.05, 4.69) is 13.8 Å². The molecule has 0 aliphatic carbocycles. The van der Waals surface area contributed by atoms with Gasteiger partial charge in [-0.3, -0.25) is 19.3 Å². The zero-order chi connectivity index (χ0) is 23.2. The van der Waals surface area contributed by atoms with Crippen molar-refractivity contribution in [2.75, 3.05) is 13.2 Å². The third kappa shape index (κ3) is 9.13. The second kappa shape index (κ2) is 15.9. The van der Waals surface area contributed by atoms with E-state index in [4.69, 9.17) is 13.9 Å². The molecule has 2 amide bonds. The van der Waals surface area contributed by atoms with Crippen molar-refractivity contribution in [3.05, 3.63) is 53.1 Å². The normalized spacial score (nSPS) is 13.5. The average molecular weight is 482 g/mol. The fourth-order valence-electron chi connectivity index (χ4n) is 2.17. The lowest BCUT2D eigenvalue weighted by Gasteiger charge is -2.10. The van der Waals surface area contributed by atoms with E-state index >= 15 is 0 Å². The standard InChI is InChI=1S/C18H15NO5S2.C3H8.CH2O.H2O/c1-2-23-15(20)11-19-17(21)14(26-18(19)22)10-12-8-9-16(24-12)25-13-6-4-3-5-7-13;1-3-2;1-2;/h3-10H,2,11H2,1H3;3H2,1-2H3;1H2;1H2/b14-10-;;;. The molecule has 32 heavy (non-hydrogen) atoms. The van der Waals surface area contributed by atoms with E-state index in [0.717, 1.165) is 21.6 Å². The molecule has 2 heterocycles. The summed E-state index contributed by atoms with van der Waals surface area (Å²) in [7, 11) is 0. The highest BCUT2D eigenvalue weighted by molar-refractivity contribution is 8.18. The molecular weight excluding hydrogens is 454 g/mol. The lowest BCUT2D eigenvalue weighted by atomic mass is 10.3. The van der Waals surface area contributed by atoms with E-state index in [0.29, 0.717) is 10.9 Å². The Balaban J connectivity index is 0.00000148. The molecule has 0 bridgehead atoms. The van der Waals surface area contributed by atoms with Gasteiger partial charge in [-0.2, -0.15) is 0 Å². The highest BCUT2D eigenvalue weighted by atomic mass is 32.2. The highest BCUT2D eigenvalue weighted by Crippen LogP contribution is 2.34. The van der Waals surface area contributed by atoms with Crippen molar-refractivity contribution in [3.63, 3.8) is 0 Å². The molecule has 0 atom stereocenters. The summed E-state index contributed by atoms with van der Waals surface area (Å²) in [5, 5.41) is 0.174. The molecule has 1 aliphatic heterocycles. The number of carbonyl (C=O) groups is 4. The van der Waals surface area contributed by atoms with Gasteiger partial charge in [-0.25, -0.2) is 0 Å². The number of hydrogen-bond acceptors (Lipinski definition) is 8. The number of ether oxygens (including phenoxy) is 1. The van der Waals surface area contributed by atoms with Crippen molar-refractivity contribution in [2.24, 2.45) is 0 Å². The van der Waals surface area contributed by atoms with Gasteiger partial charge in [0.25, 0.3) is 11.1 Å². The van der Waals surface area contributed by atoms with Crippen molar-refractivity contribution in [1.29, 1.82) is 0 Å². The first kappa shape index (κ1) is 29.2. The number of carbonyl (C=O) groups excluding carboxylic acids is 4. The molecule has 1 aromatic carbocycles. The number of imide groups is 1. The SMILES string of the molecule is C=O.CCC.CCOC(=O)CN1C(=O)S/C(=C\c2ccc(Sc3ccccc3)o2)C1=O.O. The molecule has 8 nitrogen and oxygen atoms in total. The van der Waals surface area contributed by atoms with Crippen LogP contribution >= 0.6 is 23.5 Å². The largest absolute Gasteiger partial charge is 0.465 e. The third-order valence-corrected chi connectivity index (χ3v) is 5.14. The number of benzene rings is 1. The molecule has 0 radical (unpaired) electrons. The summed E-state index contributed by atoms with van der Waals surface area (Å²) in [6, 6.07) is 13.3. The predicted octanol–water partition coefficient (Wildman–Crippen LogP) is 4.44. The van der Waals surface area contributed by atoms with Gasteiger partial charge in [0.15, 0.2) is 5.09 Å². The van der Waals surface area contributed by atoms with E-state index in [-0.39, 0.29) is 23.5 Å². The van der Waals surface area contributed by atoms with Gasteiger partial charge in [0.1, 0.15) is 19.1 Å². The van der Waals surface area contributed by atoms with Crippen LogP contribution in [0.2, 0.25) is 0 Å². The molecule has 1 aromatic heterocycles. The Morgan fingerprint density at radius 3 is 2.34 bits per heavy atom. The zero-order valence-corrected chi connectivity index (χ0v) is 19.8. The van der Waals surface area contributed by atoms with Gasteiger partial charge in [0, 0.05) is 11.0 Å². The smallest absolute Gasteiger partial charge is 0.326 e. The van der Waals surface area contributed by atoms with Crippen molar-refractivity contribution in [2.45, 2.75) is 37.2 Å². The molecule has 10 heteroatoms.